The van der Waals surface area contributed by atoms with Crippen molar-refractivity contribution in [2.45, 2.75) is 13.2 Å². The van der Waals surface area contributed by atoms with Crippen molar-refractivity contribution in [1.82, 2.24) is 10.2 Å². The van der Waals surface area contributed by atoms with Gasteiger partial charge in [0.1, 0.15) is 11.5 Å². The van der Waals surface area contributed by atoms with E-state index in [0.717, 1.165) is 16.0 Å². The first-order chi connectivity index (χ1) is 10.8. The van der Waals surface area contributed by atoms with Crippen molar-refractivity contribution in [1.29, 1.82) is 0 Å². The molecule has 6 heteroatoms. The van der Waals surface area contributed by atoms with E-state index < -0.39 is 0 Å². The average Bonchev–Trinajstić information content (AvgIpc) is 3.00. The van der Waals surface area contributed by atoms with Gasteiger partial charge < -0.3 is 13.9 Å². The molecule has 0 N–H and O–H groups in total. The number of para-hydroxylation sites is 1. The molecule has 0 saturated carbocycles. The summed E-state index contributed by atoms with van der Waals surface area (Å²) in [6, 6.07) is 17.0. The van der Waals surface area contributed by atoms with Crippen molar-refractivity contribution in [2.75, 3.05) is 0 Å². The molecule has 0 bridgehead atoms. The third-order valence-electron chi connectivity index (χ3n) is 2.77. The third-order valence-corrected chi connectivity index (χ3v) is 3.27. The molecule has 0 saturated heterocycles. The summed E-state index contributed by atoms with van der Waals surface area (Å²) in [7, 11) is 0. The Hall–Kier alpha value is -2.34. The van der Waals surface area contributed by atoms with E-state index in [4.69, 9.17) is 13.9 Å². The maximum atomic E-state index is 5.58. The Morgan fingerprint density at radius 1 is 0.818 bits per heavy atom. The largest absolute Gasteiger partial charge is 0.484 e. The van der Waals surface area contributed by atoms with E-state index in [9.17, 15) is 0 Å². The first-order valence-corrected chi connectivity index (χ1v) is 7.46. The molecule has 112 valence electrons. The van der Waals surface area contributed by atoms with E-state index >= 15 is 0 Å². The smallest absolute Gasteiger partial charge is 0.254 e. The minimum absolute atomic E-state index is 0.217. The molecule has 1 aromatic heterocycles. The lowest BCUT2D eigenvalue weighted by molar-refractivity contribution is 0.231. The van der Waals surface area contributed by atoms with Crippen LogP contribution in [0.25, 0.3) is 0 Å². The van der Waals surface area contributed by atoms with Gasteiger partial charge in [-0.1, -0.05) is 40.2 Å². The highest BCUT2D eigenvalue weighted by Crippen LogP contribution is 2.19. The topological polar surface area (TPSA) is 57.4 Å². The van der Waals surface area contributed by atoms with Gasteiger partial charge in [0, 0.05) is 4.47 Å². The zero-order chi connectivity index (χ0) is 15.2. The van der Waals surface area contributed by atoms with Gasteiger partial charge in [0.05, 0.1) is 0 Å². The van der Waals surface area contributed by atoms with Crippen molar-refractivity contribution in [3.8, 4) is 11.5 Å². The summed E-state index contributed by atoms with van der Waals surface area (Å²) >= 11 is 3.39. The van der Waals surface area contributed by atoms with Crippen molar-refractivity contribution >= 4 is 15.9 Å². The second-order valence-corrected chi connectivity index (χ2v) is 5.35. The van der Waals surface area contributed by atoms with Crippen LogP contribution in [0.3, 0.4) is 0 Å². The lowest BCUT2D eigenvalue weighted by atomic mass is 10.3. The van der Waals surface area contributed by atoms with Crippen LogP contribution in [0.2, 0.25) is 0 Å². The first kappa shape index (κ1) is 14.6. The van der Waals surface area contributed by atoms with Gasteiger partial charge in [-0.25, -0.2) is 0 Å². The SMILES string of the molecule is Brc1cccc(OCc2nnc(COc3ccccc3)o2)c1. The molecule has 1 heterocycles. The van der Waals surface area contributed by atoms with Gasteiger partial charge in [-0.2, -0.15) is 0 Å². The zero-order valence-corrected chi connectivity index (χ0v) is 13.2. The Labute approximate surface area is 136 Å². The van der Waals surface area contributed by atoms with Crippen LogP contribution in [0.15, 0.2) is 63.5 Å². The van der Waals surface area contributed by atoms with Gasteiger partial charge in [-0.05, 0) is 30.3 Å². The van der Waals surface area contributed by atoms with Crippen molar-refractivity contribution in [2.24, 2.45) is 0 Å². The quantitative estimate of drug-likeness (QED) is 0.665. The molecule has 5 nitrogen and oxygen atoms in total. The van der Waals surface area contributed by atoms with Gasteiger partial charge in [0.2, 0.25) is 0 Å². The van der Waals surface area contributed by atoms with Crippen LogP contribution in [0, 0.1) is 0 Å². The molecular weight excluding hydrogens is 348 g/mol. The summed E-state index contributed by atoms with van der Waals surface area (Å²) in [5, 5.41) is 7.86. The van der Waals surface area contributed by atoms with Crippen molar-refractivity contribution in [3.63, 3.8) is 0 Å². The fraction of sp³-hybridized carbons (Fsp3) is 0.125. The maximum absolute atomic E-state index is 5.58. The number of aromatic nitrogens is 2. The van der Waals surface area contributed by atoms with E-state index in [-0.39, 0.29) is 13.2 Å². The van der Waals surface area contributed by atoms with Crippen LogP contribution in [-0.4, -0.2) is 10.2 Å². The van der Waals surface area contributed by atoms with E-state index in [2.05, 4.69) is 26.1 Å². The second-order valence-electron chi connectivity index (χ2n) is 4.44. The van der Waals surface area contributed by atoms with E-state index in [1.165, 1.54) is 0 Å². The zero-order valence-electron chi connectivity index (χ0n) is 11.6. The molecule has 22 heavy (non-hydrogen) atoms. The summed E-state index contributed by atoms with van der Waals surface area (Å²) in [6.07, 6.45) is 0. The highest BCUT2D eigenvalue weighted by atomic mass is 79.9. The molecular formula is C16H13BrN2O3. The van der Waals surface area contributed by atoms with Crippen molar-refractivity contribution in [3.05, 3.63) is 70.9 Å². The molecule has 2 aromatic carbocycles. The fourth-order valence-electron chi connectivity index (χ4n) is 1.77. The highest BCUT2D eigenvalue weighted by Gasteiger charge is 2.07. The summed E-state index contributed by atoms with van der Waals surface area (Å²) in [6.45, 7) is 0.447. The number of hydrogen-bond acceptors (Lipinski definition) is 5. The van der Waals surface area contributed by atoms with Crippen LogP contribution < -0.4 is 9.47 Å². The lowest BCUT2D eigenvalue weighted by Crippen LogP contribution is -1.95. The standard InChI is InChI=1S/C16H13BrN2O3/c17-12-5-4-8-14(9-12)21-11-16-19-18-15(22-16)10-20-13-6-2-1-3-7-13/h1-9H,10-11H2. The normalized spacial score (nSPS) is 10.4. The molecule has 0 aliphatic heterocycles. The Morgan fingerprint density at radius 2 is 1.45 bits per heavy atom. The van der Waals surface area contributed by atoms with Gasteiger partial charge in [0.25, 0.3) is 11.8 Å². The minimum Gasteiger partial charge on any atom is -0.484 e. The van der Waals surface area contributed by atoms with Crippen LogP contribution >= 0.6 is 15.9 Å². The first-order valence-electron chi connectivity index (χ1n) is 6.67. The predicted octanol–water partition coefficient (Wildman–Crippen LogP) is 3.99. The van der Waals surface area contributed by atoms with Gasteiger partial charge in [0.15, 0.2) is 13.2 Å². The number of nitrogens with zero attached hydrogens (tertiary/aromatic N) is 2. The number of rotatable bonds is 6. The molecule has 0 aliphatic rings. The molecule has 0 radical (unpaired) electrons. The van der Waals surface area contributed by atoms with Crippen LogP contribution in [-0.2, 0) is 13.2 Å². The minimum atomic E-state index is 0.217. The monoisotopic (exact) mass is 360 g/mol. The van der Waals surface area contributed by atoms with Gasteiger partial charge >= 0.3 is 0 Å². The Morgan fingerprint density at radius 3 is 2.14 bits per heavy atom. The van der Waals surface area contributed by atoms with Gasteiger partial charge in [-0.15, -0.1) is 10.2 Å². The fourth-order valence-corrected chi connectivity index (χ4v) is 2.15. The molecule has 0 spiro atoms. The highest BCUT2D eigenvalue weighted by molar-refractivity contribution is 9.10. The molecule has 0 fully saturated rings. The van der Waals surface area contributed by atoms with Crippen LogP contribution in [0.4, 0.5) is 0 Å². The number of benzene rings is 2. The van der Waals surface area contributed by atoms with Crippen molar-refractivity contribution < 1.29 is 13.9 Å². The Bertz CT molecular complexity index is 731. The molecule has 0 aliphatic carbocycles. The molecule has 3 aromatic rings. The molecule has 0 unspecified atom stereocenters. The molecule has 0 atom stereocenters. The molecule has 3 rings (SSSR count). The second kappa shape index (κ2) is 7.09. The van der Waals surface area contributed by atoms with E-state index in [1.54, 1.807) is 0 Å². The number of halogens is 1. The Balaban J connectivity index is 1.53. The average molecular weight is 361 g/mol. The lowest BCUT2D eigenvalue weighted by Gasteiger charge is -2.03. The Kier molecular flexibility index (Phi) is 4.70. The summed E-state index contributed by atoms with van der Waals surface area (Å²) in [5.41, 5.74) is 0. The van der Waals surface area contributed by atoms with Crippen LogP contribution in [0.5, 0.6) is 11.5 Å². The van der Waals surface area contributed by atoms with E-state index in [0.29, 0.717) is 11.8 Å². The third kappa shape index (κ3) is 4.08. The van der Waals surface area contributed by atoms with Gasteiger partial charge in [-0.3, -0.25) is 0 Å². The number of hydrogen-bond donors (Lipinski definition) is 0. The van der Waals surface area contributed by atoms with E-state index in [1.807, 2.05) is 54.6 Å². The van der Waals surface area contributed by atoms with Crippen LogP contribution in [0.1, 0.15) is 11.8 Å². The molecule has 0 amide bonds. The summed E-state index contributed by atoms with van der Waals surface area (Å²) in [4.78, 5) is 0. The predicted molar refractivity (Wildman–Crippen MR) is 83.5 cm³/mol. The number of ether oxygens (including phenoxy) is 2. The summed E-state index contributed by atoms with van der Waals surface area (Å²) in [5.74, 6) is 2.31. The maximum Gasteiger partial charge on any atom is 0.254 e. The summed E-state index contributed by atoms with van der Waals surface area (Å²) < 4.78 is 17.5.